The molecular formula is C26H32N2O2. The van der Waals surface area contributed by atoms with Crippen LogP contribution in [0.5, 0.6) is 5.75 Å². The highest BCUT2D eigenvalue weighted by molar-refractivity contribution is 6.10. The lowest BCUT2D eigenvalue weighted by Gasteiger charge is -2.14. The number of H-pyrrole nitrogens is 2. The summed E-state index contributed by atoms with van der Waals surface area (Å²) in [5, 5.41) is 11.7. The molecule has 0 atom stereocenters. The van der Waals surface area contributed by atoms with Crippen molar-refractivity contribution in [2.45, 2.75) is 59.8 Å². The Balaban J connectivity index is 0.000000160. The van der Waals surface area contributed by atoms with Gasteiger partial charge in [0.15, 0.2) is 5.78 Å². The first-order valence-corrected chi connectivity index (χ1v) is 10.2. The predicted octanol–water partition coefficient (Wildman–Crippen LogP) is 6.71. The number of hydrogen-bond acceptors (Lipinski definition) is 2. The lowest BCUT2D eigenvalue weighted by Crippen LogP contribution is -2.11. The number of benzene rings is 2. The molecule has 0 saturated heterocycles. The van der Waals surface area contributed by atoms with E-state index in [4.69, 9.17) is 0 Å². The number of aromatic nitrogens is 2. The van der Waals surface area contributed by atoms with Crippen LogP contribution in [-0.2, 0) is 19.3 Å². The molecule has 4 nitrogen and oxygen atoms in total. The number of aromatic hydroxyl groups is 1. The van der Waals surface area contributed by atoms with E-state index >= 15 is 0 Å². The van der Waals surface area contributed by atoms with Gasteiger partial charge in [0.2, 0.25) is 0 Å². The van der Waals surface area contributed by atoms with Crippen LogP contribution in [0.25, 0.3) is 21.8 Å². The fourth-order valence-corrected chi connectivity index (χ4v) is 4.70. The second-order valence-electron chi connectivity index (χ2n) is 7.79. The van der Waals surface area contributed by atoms with Gasteiger partial charge in [0.25, 0.3) is 0 Å². The number of rotatable bonds is 0. The Kier molecular flexibility index (Phi) is 6.35. The minimum atomic E-state index is 0. The summed E-state index contributed by atoms with van der Waals surface area (Å²) in [5.41, 5.74) is 7.06. The van der Waals surface area contributed by atoms with Crippen LogP contribution in [0.15, 0.2) is 42.5 Å². The van der Waals surface area contributed by atoms with Crippen LogP contribution in [0, 0.1) is 0 Å². The highest BCUT2D eigenvalue weighted by Crippen LogP contribution is 2.32. The summed E-state index contributed by atoms with van der Waals surface area (Å²) in [7, 11) is 0. The minimum absolute atomic E-state index is 0. The van der Waals surface area contributed by atoms with E-state index in [1.165, 1.54) is 29.8 Å². The number of phenols is 1. The van der Waals surface area contributed by atoms with Crippen LogP contribution in [0.2, 0.25) is 0 Å². The standard InChI is InChI=1S/C12H15NO.C12H9NO.2CH4/c2*14-11-7-3-6-10-12(11)8-4-1-2-5-9(8)13-10;;/h13H,1-7H2;1-7,13-14H;2*1H4. The van der Waals surface area contributed by atoms with Gasteiger partial charge in [-0.15, -0.1) is 0 Å². The Morgan fingerprint density at radius 1 is 0.733 bits per heavy atom. The average molecular weight is 405 g/mol. The highest BCUT2D eigenvalue weighted by Gasteiger charge is 2.26. The van der Waals surface area contributed by atoms with E-state index < -0.39 is 0 Å². The molecule has 0 fully saturated rings. The Bertz CT molecular complexity index is 1180. The molecule has 3 N–H and O–H groups in total. The van der Waals surface area contributed by atoms with Gasteiger partial charge in [-0.25, -0.2) is 0 Å². The lowest BCUT2D eigenvalue weighted by molar-refractivity contribution is 0.0971. The quantitative estimate of drug-likeness (QED) is 0.305. The lowest BCUT2D eigenvalue weighted by atomic mass is 9.88. The maximum absolute atomic E-state index is 11.8. The largest absolute Gasteiger partial charge is 0.507 e. The maximum Gasteiger partial charge on any atom is 0.164 e. The number of aryl methyl sites for hydroxylation is 2. The zero-order chi connectivity index (χ0) is 19.1. The van der Waals surface area contributed by atoms with Gasteiger partial charge in [0.1, 0.15) is 5.75 Å². The summed E-state index contributed by atoms with van der Waals surface area (Å²) in [4.78, 5) is 18.5. The Hall–Kier alpha value is -3.01. The Morgan fingerprint density at radius 3 is 2.33 bits per heavy atom. The zero-order valence-electron chi connectivity index (χ0n) is 15.8. The van der Waals surface area contributed by atoms with Crippen molar-refractivity contribution in [3.05, 3.63) is 65.0 Å². The molecule has 158 valence electrons. The van der Waals surface area contributed by atoms with Gasteiger partial charge in [0.05, 0.1) is 5.52 Å². The summed E-state index contributed by atoms with van der Waals surface area (Å²) in [6.45, 7) is 0. The van der Waals surface area contributed by atoms with Crippen LogP contribution < -0.4 is 0 Å². The number of fused-ring (bicyclic) bond motifs is 6. The Labute approximate surface area is 178 Å². The molecule has 0 aliphatic heterocycles. The summed E-state index contributed by atoms with van der Waals surface area (Å²) in [5.74, 6) is 0.714. The highest BCUT2D eigenvalue weighted by atomic mass is 16.3. The number of para-hydroxylation sites is 1. The first kappa shape index (κ1) is 21.7. The average Bonchev–Trinajstić information content (AvgIpc) is 3.28. The van der Waals surface area contributed by atoms with Gasteiger partial charge in [-0.05, 0) is 62.3 Å². The van der Waals surface area contributed by atoms with E-state index in [0.29, 0.717) is 11.5 Å². The fraction of sp³-hybridized carbons (Fsp3) is 0.346. The number of carbonyl (C=O) groups excluding carboxylic acids is 1. The first-order valence-electron chi connectivity index (χ1n) is 10.2. The number of phenolic OH excluding ortho intramolecular Hbond substituents is 1. The van der Waals surface area contributed by atoms with Gasteiger partial charge in [-0.1, -0.05) is 39.1 Å². The van der Waals surface area contributed by atoms with Crippen molar-refractivity contribution >= 4 is 27.6 Å². The molecule has 0 saturated carbocycles. The smallest absolute Gasteiger partial charge is 0.164 e. The van der Waals surface area contributed by atoms with E-state index in [-0.39, 0.29) is 14.9 Å². The molecule has 6 rings (SSSR count). The number of carbonyl (C=O) groups is 1. The first-order chi connectivity index (χ1) is 13.7. The molecule has 4 aromatic rings. The molecule has 0 bridgehead atoms. The normalized spacial score (nSPS) is 14.7. The van der Waals surface area contributed by atoms with Crippen LogP contribution in [0.3, 0.4) is 0 Å². The molecule has 0 amide bonds. The van der Waals surface area contributed by atoms with E-state index in [0.717, 1.165) is 59.5 Å². The Morgan fingerprint density at radius 2 is 1.47 bits per heavy atom. The third-order valence-corrected chi connectivity index (χ3v) is 5.99. The SMILES string of the molecule is C.C.O=C1CCCc2[nH]c3c(c21)CCCC3.Oc1cccc2[nH]c3ccccc3c12. The van der Waals surface area contributed by atoms with Crippen molar-refractivity contribution in [1.29, 1.82) is 0 Å². The van der Waals surface area contributed by atoms with E-state index in [9.17, 15) is 9.90 Å². The third kappa shape index (κ3) is 3.62. The van der Waals surface area contributed by atoms with Gasteiger partial charge < -0.3 is 15.1 Å². The van der Waals surface area contributed by atoms with Gasteiger partial charge in [-0.3, -0.25) is 4.79 Å². The molecule has 4 heteroatoms. The third-order valence-electron chi connectivity index (χ3n) is 5.99. The number of nitrogens with one attached hydrogen (secondary N) is 2. The van der Waals surface area contributed by atoms with Crippen molar-refractivity contribution < 1.29 is 9.90 Å². The van der Waals surface area contributed by atoms with Crippen molar-refractivity contribution in [2.75, 3.05) is 0 Å². The molecule has 2 aromatic heterocycles. The van der Waals surface area contributed by atoms with E-state index in [2.05, 4.69) is 9.97 Å². The summed E-state index contributed by atoms with van der Waals surface area (Å²) < 4.78 is 0. The topological polar surface area (TPSA) is 68.9 Å². The number of Topliss-reactive ketones (excluding diaryl/α,β-unsaturated/α-hetero) is 1. The number of hydrogen-bond donors (Lipinski definition) is 3. The van der Waals surface area contributed by atoms with Crippen molar-refractivity contribution in [3.8, 4) is 5.75 Å². The van der Waals surface area contributed by atoms with Crippen molar-refractivity contribution in [2.24, 2.45) is 0 Å². The van der Waals surface area contributed by atoms with Gasteiger partial charge in [-0.2, -0.15) is 0 Å². The molecule has 2 heterocycles. The molecule has 30 heavy (non-hydrogen) atoms. The second kappa shape index (κ2) is 8.78. The molecule has 0 radical (unpaired) electrons. The van der Waals surface area contributed by atoms with Crippen LogP contribution in [-0.4, -0.2) is 20.9 Å². The molecule has 2 aliphatic carbocycles. The van der Waals surface area contributed by atoms with Crippen LogP contribution >= 0.6 is 0 Å². The fourth-order valence-electron chi connectivity index (χ4n) is 4.70. The van der Waals surface area contributed by atoms with E-state index in [1.807, 2.05) is 36.4 Å². The molecule has 2 aromatic carbocycles. The van der Waals surface area contributed by atoms with Gasteiger partial charge >= 0.3 is 0 Å². The van der Waals surface area contributed by atoms with Crippen molar-refractivity contribution in [3.63, 3.8) is 0 Å². The monoisotopic (exact) mass is 404 g/mol. The van der Waals surface area contributed by atoms with Crippen LogP contribution in [0.1, 0.15) is 67.8 Å². The summed E-state index contributed by atoms with van der Waals surface area (Å²) >= 11 is 0. The molecular weight excluding hydrogens is 372 g/mol. The van der Waals surface area contributed by atoms with Crippen LogP contribution in [0.4, 0.5) is 0 Å². The predicted molar refractivity (Wildman–Crippen MR) is 126 cm³/mol. The maximum atomic E-state index is 11.8. The number of ketones is 1. The van der Waals surface area contributed by atoms with Gasteiger partial charge in [0, 0.05) is 39.7 Å². The van der Waals surface area contributed by atoms with E-state index in [1.54, 1.807) is 6.07 Å². The minimum Gasteiger partial charge on any atom is -0.507 e. The molecule has 0 unspecified atom stereocenters. The van der Waals surface area contributed by atoms with Crippen molar-refractivity contribution in [1.82, 2.24) is 9.97 Å². The second-order valence-corrected chi connectivity index (χ2v) is 7.79. The molecule has 0 spiro atoms. The summed E-state index contributed by atoms with van der Waals surface area (Å²) in [6.07, 6.45) is 7.67. The summed E-state index contributed by atoms with van der Waals surface area (Å²) in [6, 6.07) is 13.5. The molecule has 2 aliphatic rings. The number of aromatic amines is 2. The zero-order valence-corrected chi connectivity index (χ0v) is 15.8.